The molecule has 0 aromatic heterocycles. The van der Waals surface area contributed by atoms with Crippen molar-refractivity contribution in [2.75, 3.05) is 25.1 Å². The number of hydrogen-bond donors (Lipinski definition) is 10. The molecule has 23 heteroatoms. The summed E-state index contributed by atoms with van der Waals surface area (Å²) < 4.78 is 17.2. The van der Waals surface area contributed by atoms with Gasteiger partial charge in [-0.3, -0.25) is 10.0 Å². The van der Waals surface area contributed by atoms with Gasteiger partial charge in [-0.15, -0.1) is 0 Å². The van der Waals surface area contributed by atoms with Crippen LogP contribution in [0.2, 0.25) is 0 Å². The molecule has 376 valence electrons. The smallest absolute Gasteiger partial charge is 0.431 e. The van der Waals surface area contributed by atoms with Gasteiger partial charge in [0.1, 0.15) is 16.8 Å². The Labute approximate surface area is 389 Å². The number of halogens is 2. The van der Waals surface area contributed by atoms with E-state index >= 15 is 0 Å². The molecule has 0 fully saturated rings. The van der Waals surface area contributed by atoms with Crippen LogP contribution in [0.25, 0.3) is 0 Å². The fourth-order valence-corrected chi connectivity index (χ4v) is 3.43. The van der Waals surface area contributed by atoms with E-state index in [4.69, 9.17) is 41.2 Å². The number of nitrogens with one attached hydrogen (secondary N) is 4. The molecular formula is C40H84BrClN8O13. The maximum Gasteiger partial charge on any atom is 0.431 e. The summed E-state index contributed by atoms with van der Waals surface area (Å²) in [6.07, 6.45) is 4.13. The highest BCUT2D eigenvalue weighted by Gasteiger charge is 2.24. The van der Waals surface area contributed by atoms with E-state index in [2.05, 4.69) is 83.1 Å². The van der Waals surface area contributed by atoms with Crippen LogP contribution in [0.15, 0.2) is 38.4 Å². The Bertz CT molecular complexity index is 1250. The zero-order valence-electron chi connectivity index (χ0n) is 40.9. The van der Waals surface area contributed by atoms with Crippen LogP contribution in [0.3, 0.4) is 0 Å². The number of hydroxylamine groups is 2. The fraction of sp³-hybridized carbons (Fsp3) is 0.825. The number of carbonyl (C=O) groups is 3. The highest BCUT2D eigenvalue weighted by atomic mass is 79.9. The molecule has 0 saturated carbocycles. The second-order valence-electron chi connectivity index (χ2n) is 17.7. The lowest BCUT2D eigenvalue weighted by molar-refractivity contribution is -0.0618. The van der Waals surface area contributed by atoms with Crippen LogP contribution in [-0.2, 0) is 23.9 Å². The minimum Gasteiger partial charge on any atom is -0.444 e. The van der Waals surface area contributed by atoms with Gasteiger partial charge in [0, 0.05) is 18.3 Å². The van der Waals surface area contributed by atoms with Gasteiger partial charge in [-0.05, 0) is 154 Å². The van der Waals surface area contributed by atoms with Crippen LogP contribution in [0.1, 0.15) is 150 Å². The standard InChI is InChI=1S/C12H25NO4.C11H21NO3.C6H11Br.C6H15NO3.C5H11NO3.ClHN4/c1-11(2,3)17-10(15)13-8-6-7-9(14)12(4,5)16;1-9(2)7-6-8-14-12-10(13)15-11(3,4)5;1-6(2)4-3-5-7;1-6(2,9)5(8)3-4-10-7;1-5(2,3)9-4(7)6-8;1-3-5-4-2/h9,14,16H,6-8H2,1-5H3,(H,13,15);7H,6,8H2,1-5H3,(H,12,13);4H,3,5H2,1-2H3;5,8-9H,3-4,7H2,1-2H3;8H,1-3H3,(H,6,7);2H. The zero-order chi connectivity index (χ0) is 51.1. The van der Waals surface area contributed by atoms with Crippen LogP contribution in [0.4, 0.5) is 14.4 Å². The first-order valence-corrected chi connectivity index (χ1v) is 21.5. The van der Waals surface area contributed by atoms with Gasteiger partial charge in [-0.1, -0.05) is 43.9 Å². The highest BCUT2D eigenvalue weighted by molar-refractivity contribution is 9.09. The first-order valence-electron chi connectivity index (χ1n) is 20.0. The molecule has 63 heavy (non-hydrogen) atoms. The van der Waals surface area contributed by atoms with Crippen molar-refractivity contribution in [2.24, 2.45) is 21.0 Å². The van der Waals surface area contributed by atoms with Gasteiger partial charge in [0.15, 0.2) is 0 Å². The minimum absolute atomic E-state index is 0.255. The number of allylic oxidation sites excluding steroid dienone is 3. The predicted molar refractivity (Wildman–Crippen MR) is 247 cm³/mol. The Morgan fingerprint density at radius 1 is 0.730 bits per heavy atom. The van der Waals surface area contributed by atoms with Gasteiger partial charge < -0.3 is 44.8 Å². The van der Waals surface area contributed by atoms with Gasteiger partial charge in [0.25, 0.3) is 0 Å². The van der Waals surface area contributed by atoms with Gasteiger partial charge in [0.2, 0.25) is 0 Å². The summed E-state index contributed by atoms with van der Waals surface area (Å²) in [7, 11) is 0. The zero-order valence-corrected chi connectivity index (χ0v) is 43.2. The van der Waals surface area contributed by atoms with Crippen LogP contribution >= 0.6 is 27.7 Å². The molecule has 0 bridgehead atoms. The van der Waals surface area contributed by atoms with Gasteiger partial charge >= 0.3 is 18.3 Å². The van der Waals surface area contributed by atoms with E-state index in [9.17, 15) is 24.6 Å². The molecule has 21 nitrogen and oxygen atoms in total. The van der Waals surface area contributed by atoms with E-state index in [1.165, 1.54) is 30.5 Å². The molecule has 2 atom stereocenters. The Hall–Kier alpha value is -3.06. The number of aliphatic hydroxyl groups is 4. The molecule has 0 aromatic carbocycles. The van der Waals surface area contributed by atoms with Crippen LogP contribution in [0, 0.1) is 5.53 Å². The van der Waals surface area contributed by atoms with Crippen molar-refractivity contribution in [2.45, 2.75) is 190 Å². The first-order chi connectivity index (χ1) is 28.5. The molecule has 3 amide bonds. The summed E-state index contributed by atoms with van der Waals surface area (Å²) in [6, 6.07) is 0. The maximum atomic E-state index is 11.3. The highest BCUT2D eigenvalue weighted by Crippen LogP contribution is 2.14. The van der Waals surface area contributed by atoms with E-state index in [1.54, 1.807) is 76.2 Å². The number of carbonyl (C=O) groups excluding carboxylic acids is 3. The molecule has 2 unspecified atom stereocenters. The molecule has 0 aliphatic heterocycles. The van der Waals surface area contributed by atoms with E-state index in [1.807, 2.05) is 19.9 Å². The number of alkyl halides is 1. The number of amides is 3. The molecular weight excluding hydrogens is 916 g/mol. The third-order valence-corrected chi connectivity index (χ3v) is 6.55. The monoisotopic (exact) mass is 999 g/mol. The third-order valence-electron chi connectivity index (χ3n) is 6.02. The quantitative estimate of drug-likeness (QED) is 0.0131. The Balaban J connectivity index is -0.000000162. The average molecular weight is 1000 g/mol. The number of hydrogen-bond acceptors (Lipinski definition) is 16. The Morgan fingerprint density at radius 2 is 1.14 bits per heavy atom. The van der Waals surface area contributed by atoms with Crippen LogP contribution in [0.5, 0.6) is 0 Å². The maximum absolute atomic E-state index is 11.3. The van der Waals surface area contributed by atoms with Crippen LogP contribution < -0.4 is 22.2 Å². The van der Waals surface area contributed by atoms with E-state index in [-0.39, 0.29) is 6.61 Å². The SMILES string of the molecule is CC(C)(C)OC(=O)NCCCC(O)C(C)(C)O.CC(C)(C)OC(=O)NO.CC(C)(O)C(O)CCON.CC(C)=CCCBr.CC(C)=CCCONC(=O)OC(C)(C)C.N=NN=NCl. The lowest BCUT2D eigenvalue weighted by Gasteiger charge is -2.24. The minimum atomic E-state index is -1.11. The normalized spacial score (nSPS) is 12.0. The van der Waals surface area contributed by atoms with Crippen molar-refractivity contribution in [3.63, 3.8) is 0 Å². The van der Waals surface area contributed by atoms with Crippen molar-refractivity contribution in [3.05, 3.63) is 23.3 Å². The van der Waals surface area contributed by atoms with Crippen molar-refractivity contribution in [3.8, 4) is 0 Å². The van der Waals surface area contributed by atoms with Crippen molar-refractivity contribution < 1.29 is 63.9 Å². The lowest BCUT2D eigenvalue weighted by Crippen LogP contribution is -2.37. The summed E-state index contributed by atoms with van der Waals surface area (Å²) in [5.41, 5.74) is 8.38. The third kappa shape index (κ3) is 73.6. The van der Waals surface area contributed by atoms with E-state index in [0.717, 1.165) is 18.2 Å². The fourth-order valence-electron chi connectivity index (χ4n) is 3.16. The number of aliphatic hydroxyl groups excluding tert-OH is 2. The van der Waals surface area contributed by atoms with Gasteiger partial charge in [-0.2, -0.15) is 11.0 Å². The van der Waals surface area contributed by atoms with E-state index < -0.39 is 58.5 Å². The number of nitrogens with two attached hydrogens (primary N) is 1. The van der Waals surface area contributed by atoms with Crippen molar-refractivity contribution in [1.82, 2.24) is 16.3 Å². The molecule has 0 aliphatic carbocycles. The largest absolute Gasteiger partial charge is 0.444 e. The molecule has 11 N–H and O–H groups in total. The summed E-state index contributed by atoms with van der Waals surface area (Å²) in [5.74, 6) is 4.73. The Morgan fingerprint density at radius 3 is 1.44 bits per heavy atom. The number of rotatable bonds is 16. The first kappa shape index (κ1) is 71.6. The van der Waals surface area contributed by atoms with E-state index in [0.29, 0.717) is 32.4 Å². The molecule has 0 saturated heterocycles. The van der Waals surface area contributed by atoms with Gasteiger partial charge in [-0.25, -0.2) is 25.8 Å². The van der Waals surface area contributed by atoms with Gasteiger partial charge in [0.05, 0.1) is 48.4 Å². The molecule has 0 rings (SSSR count). The molecule has 0 aliphatic rings. The van der Waals surface area contributed by atoms with Crippen molar-refractivity contribution >= 4 is 46.0 Å². The average Bonchev–Trinajstić information content (AvgIpc) is 3.09. The molecule has 0 spiro atoms. The lowest BCUT2D eigenvalue weighted by atomic mass is 9.98. The summed E-state index contributed by atoms with van der Waals surface area (Å²) in [6.45, 7) is 31.5. The summed E-state index contributed by atoms with van der Waals surface area (Å²) in [5, 5.41) is 54.1. The molecule has 0 aromatic rings. The Kier molecular flexibility index (Phi) is 46.0. The number of nitrogens with zero attached hydrogens (tertiary/aromatic N) is 3. The topological polar surface area (TPSA) is 322 Å². The number of alkyl carbamates (subject to hydrolysis) is 1. The summed E-state index contributed by atoms with van der Waals surface area (Å²) >= 11 is 7.88. The molecule has 0 heterocycles. The second-order valence-corrected chi connectivity index (χ2v) is 18.7. The van der Waals surface area contributed by atoms with Crippen molar-refractivity contribution in [1.29, 1.82) is 5.53 Å². The van der Waals surface area contributed by atoms with Crippen LogP contribution in [-0.4, -0.2) is 109 Å². The molecule has 0 radical (unpaired) electrons. The number of ether oxygens (including phenoxy) is 3. The summed E-state index contributed by atoms with van der Waals surface area (Å²) in [4.78, 5) is 41.7. The second kappa shape index (κ2) is 40.4. The predicted octanol–water partition coefficient (Wildman–Crippen LogP) is 8.80.